The lowest BCUT2D eigenvalue weighted by Crippen LogP contribution is -2.45. The SMILES string of the molecule is CC(C)(N)CNC(=O)c1nn(-c2ccc(Cl)cc2Cl)c2c1CCC2. The fourth-order valence-electron chi connectivity index (χ4n) is 2.86. The first-order valence-corrected chi connectivity index (χ1v) is 8.65. The van der Waals surface area contributed by atoms with E-state index in [2.05, 4.69) is 10.4 Å². The summed E-state index contributed by atoms with van der Waals surface area (Å²) in [5.74, 6) is -0.199. The first-order valence-electron chi connectivity index (χ1n) is 7.89. The monoisotopic (exact) mass is 366 g/mol. The smallest absolute Gasteiger partial charge is 0.272 e. The minimum atomic E-state index is -0.471. The molecule has 0 spiro atoms. The number of hydrogen-bond donors (Lipinski definition) is 2. The van der Waals surface area contributed by atoms with Gasteiger partial charge in [-0.25, -0.2) is 4.68 Å². The van der Waals surface area contributed by atoms with E-state index in [1.165, 1.54) is 0 Å². The standard InChI is InChI=1S/C17H20Cl2N4O/c1-17(2,20)9-21-16(24)15-11-4-3-5-13(11)23(22-15)14-7-6-10(18)8-12(14)19/h6-8H,3-5,9,20H2,1-2H3,(H,21,24). The molecule has 1 aromatic carbocycles. The summed E-state index contributed by atoms with van der Waals surface area (Å²) in [4.78, 5) is 12.5. The molecular weight excluding hydrogens is 347 g/mol. The van der Waals surface area contributed by atoms with Crippen molar-refractivity contribution in [2.24, 2.45) is 5.73 Å². The molecule has 5 nitrogen and oxygen atoms in total. The van der Waals surface area contributed by atoms with Crippen LogP contribution in [0.15, 0.2) is 18.2 Å². The van der Waals surface area contributed by atoms with Crippen LogP contribution in [0.25, 0.3) is 5.69 Å². The molecule has 1 aliphatic rings. The maximum absolute atomic E-state index is 12.5. The fraction of sp³-hybridized carbons (Fsp3) is 0.412. The summed E-state index contributed by atoms with van der Waals surface area (Å²) in [6.07, 6.45) is 2.72. The molecule has 1 heterocycles. The van der Waals surface area contributed by atoms with E-state index >= 15 is 0 Å². The summed E-state index contributed by atoms with van der Waals surface area (Å²) in [7, 11) is 0. The zero-order chi connectivity index (χ0) is 17.5. The van der Waals surface area contributed by atoms with E-state index in [-0.39, 0.29) is 5.91 Å². The van der Waals surface area contributed by atoms with Crippen molar-refractivity contribution in [3.63, 3.8) is 0 Å². The van der Waals surface area contributed by atoms with Crippen molar-refractivity contribution in [1.82, 2.24) is 15.1 Å². The third kappa shape index (κ3) is 3.43. The topological polar surface area (TPSA) is 72.9 Å². The first-order chi connectivity index (χ1) is 11.3. The van der Waals surface area contributed by atoms with Crippen LogP contribution in [0.3, 0.4) is 0 Å². The quantitative estimate of drug-likeness (QED) is 0.872. The number of amides is 1. The lowest BCUT2D eigenvalue weighted by Gasteiger charge is -2.18. The average Bonchev–Trinajstić information content (AvgIpc) is 3.06. The third-order valence-electron chi connectivity index (χ3n) is 3.99. The number of halogens is 2. The minimum Gasteiger partial charge on any atom is -0.349 e. The molecule has 128 valence electrons. The molecule has 7 heteroatoms. The minimum absolute atomic E-state index is 0.199. The zero-order valence-electron chi connectivity index (χ0n) is 13.7. The zero-order valence-corrected chi connectivity index (χ0v) is 15.2. The van der Waals surface area contributed by atoms with Crippen molar-refractivity contribution in [2.45, 2.75) is 38.6 Å². The number of fused-ring (bicyclic) bond motifs is 1. The summed E-state index contributed by atoms with van der Waals surface area (Å²) < 4.78 is 1.77. The van der Waals surface area contributed by atoms with Crippen molar-refractivity contribution < 1.29 is 4.79 Å². The molecule has 0 atom stereocenters. The Morgan fingerprint density at radius 2 is 2.12 bits per heavy atom. The van der Waals surface area contributed by atoms with Crippen molar-refractivity contribution >= 4 is 29.1 Å². The van der Waals surface area contributed by atoms with Gasteiger partial charge in [-0.3, -0.25) is 4.79 Å². The third-order valence-corrected chi connectivity index (χ3v) is 4.53. The van der Waals surface area contributed by atoms with E-state index in [9.17, 15) is 4.79 Å². The van der Waals surface area contributed by atoms with Gasteiger partial charge in [0.2, 0.25) is 0 Å². The molecule has 0 fully saturated rings. The summed E-state index contributed by atoms with van der Waals surface area (Å²) in [6.45, 7) is 4.11. The highest BCUT2D eigenvalue weighted by Crippen LogP contribution is 2.31. The Kier molecular flexibility index (Phi) is 4.60. The number of nitrogens with two attached hydrogens (primary N) is 1. The molecule has 3 rings (SSSR count). The van der Waals surface area contributed by atoms with Crippen LogP contribution in [0, 0.1) is 0 Å². The van der Waals surface area contributed by atoms with Gasteiger partial charge in [-0.1, -0.05) is 23.2 Å². The first kappa shape index (κ1) is 17.3. The van der Waals surface area contributed by atoms with Gasteiger partial charge in [-0.2, -0.15) is 5.10 Å². The van der Waals surface area contributed by atoms with Crippen LogP contribution in [-0.2, 0) is 12.8 Å². The Hall–Kier alpha value is -1.56. The molecule has 1 aliphatic carbocycles. The van der Waals surface area contributed by atoms with Gasteiger partial charge >= 0.3 is 0 Å². The molecule has 3 N–H and O–H groups in total. The highest BCUT2D eigenvalue weighted by molar-refractivity contribution is 6.35. The van der Waals surface area contributed by atoms with Crippen LogP contribution in [0.5, 0.6) is 0 Å². The molecule has 0 unspecified atom stereocenters. The van der Waals surface area contributed by atoms with Gasteiger partial charge < -0.3 is 11.1 Å². The van der Waals surface area contributed by atoms with Crippen molar-refractivity contribution in [1.29, 1.82) is 0 Å². The van der Waals surface area contributed by atoms with E-state index in [4.69, 9.17) is 28.9 Å². The largest absolute Gasteiger partial charge is 0.349 e. The molecule has 0 aliphatic heterocycles. The van der Waals surface area contributed by atoms with Crippen molar-refractivity contribution in [2.75, 3.05) is 6.54 Å². The van der Waals surface area contributed by atoms with Crippen LogP contribution < -0.4 is 11.1 Å². The molecule has 2 aromatic rings. The highest BCUT2D eigenvalue weighted by atomic mass is 35.5. The van der Waals surface area contributed by atoms with Gasteiger partial charge in [-0.15, -0.1) is 0 Å². The molecule has 24 heavy (non-hydrogen) atoms. The number of benzene rings is 1. The molecule has 0 saturated heterocycles. The maximum atomic E-state index is 12.5. The Bertz CT molecular complexity index is 793. The van der Waals surface area contributed by atoms with Gasteiger partial charge in [0.15, 0.2) is 5.69 Å². The number of aromatic nitrogens is 2. The lowest BCUT2D eigenvalue weighted by molar-refractivity contribution is 0.0939. The van der Waals surface area contributed by atoms with Gasteiger partial charge in [0.1, 0.15) is 0 Å². The van der Waals surface area contributed by atoms with Crippen LogP contribution in [-0.4, -0.2) is 27.8 Å². The number of nitrogens with zero attached hydrogens (tertiary/aromatic N) is 2. The summed E-state index contributed by atoms with van der Waals surface area (Å²) in [6, 6.07) is 5.27. The van der Waals surface area contributed by atoms with Gasteiger partial charge in [0, 0.05) is 28.4 Å². The molecule has 0 bridgehead atoms. The van der Waals surface area contributed by atoms with E-state index in [1.54, 1.807) is 16.8 Å². The number of rotatable bonds is 4. The molecule has 1 amide bonds. The van der Waals surface area contributed by atoms with E-state index in [0.29, 0.717) is 22.3 Å². The molecular formula is C17H20Cl2N4O. The summed E-state index contributed by atoms with van der Waals surface area (Å²) >= 11 is 12.3. The van der Waals surface area contributed by atoms with E-state index < -0.39 is 5.54 Å². The fourth-order valence-corrected chi connectivity index (χ4v) is 3.35. The van der Waals surface area contributed by atoms with Crippen molar-refractivity contribution in [3.8, 4) is 5.69 Å². The number of carbonyl (C=O) groups excluding carboxylic acids is 1. The Balaban J connectivity index is 1.97. The second-order valence-electron chi connectivity index (χ2n) is 6.81. The molecule has 0 saturated carbocycles. The molecule has 1 aromatic heterocycles. The van der Waals surface area contributed by atoms with Gasteiger partial charge in [-0.05, 0) is 51.3 Å². The average molecular weight is 367 g/mol. The van der Waals surface area contributed by atoms with E-state index in [1.807, 2.05) is 19.9 Å². The van der Waals surface area contributed by atoms with Gasteiger partial charge in [0.05, 0.1) is 10.7 Å². The predicted octanol–water partition coefficient (Wildman–Crippen LogP) is 3.13. The van der Waals surface area contributed by atoms with Crippen molar-refractivity contribution in [3.05, 3.63) is 45.2 Å². The second kappa shape index (κ2) is 6.39. The molecule has 0 radical (unpaired) electrons. The second-order valence-corrected chi connectivity index (χ2v) is 7.65. The number of hydrogen-bond acceptors (Lipinski definition) is 3. The number of carbonyl (C=O) groups is 1. The maximum Gasteiger partial charge on any atom is 0.272 e. The summed E-state index contributed by atoms with van der Waals surface area (Å²) in [5, 5.41) is 8.47. The lowest BCUT2D eigenvalue weighted by atomic mass is 10.1. The summed E-state index contributed by atoms with van der Waals surface area (Å²) in [5.41, 5.74) is 8.69. The van der Waals surface area contributed by atoms with Crippen LogP contribution in [0.4, 0.5) is 0 Å². The van der Waals surface area contributed by atoms with Crippen LogP contribution in [0.2, 0.25) is 10.0 Å². The van der Waals surface area contributed by atoms with E-state index in [0.717, 1.165) is 36.2 Å². The number of nitrogens with one attached hydrogen (secondary N) is 1. The predicted molar refractivity (Wildman–Crippen MR) is 96.2 cm³/mol. The normalized spacial score (nSPS) is 13.9. The highest BCUT2D eigenvalue weighted by Gasteiger charge is 2.28. The Morgan fingerprint density at radius 3 is 2.79 bits per heavy atom. The Labute approximate surface area is 151 Å². The van der Waals surface area contributed by atoms with Gasteiger partial charge in [0.25, 0.3) is 5.91 Å². The Morgan fingerprint density at radius 1 is 1.38 bits per heavy atom. The van der Waals surface area contributed by atoms with Crippen LogP contribution >= 0.6 is 23.2 Å². The van der Waals surface area contributed by atoms with Crippen LogP contribution in [0.1, 0.15) is 42.0 Å².